The van der Waals surface area contributed by atoms with Crippen molar-refractivity contribution in [2.45, 2.75) is 8.68 Å². The average Bonchev–Trinajstić information content (AvgIpc) is 2.89. The Morgan fingerprint density at radius 2 is 2.20 bits per heavy atom. The molecule has 0 aliphatic heterocycles. The van der Waals surface area contributed by atoms with Crippen molar-refractivity contribution >= 4 is 63.7 Å². The lowest BCUT2D eigenvalue weighted by atomic mass is 10.2. The summed E-state index contributed by atoms with van der Waals surface area (Å²) in [5.74, 6) is 0.0828. The summed E-state index contributed by atoms with van der Waals surface area (Å²) in [6.45, 7) is 0. The Hall–Kier alpha value is -0.960. The normalized spacial score (nSPS) is 10.5. The number of amides is 1. The molecule has 0 spiro atoms. The molecular weight excluding hydrogens is 336 g/mol. The van der Waals surface area contributed by atoms with Crippen LogP contribution in [0.1, 0.15) is 0 Å². The fourth-order valence-electron chi connectivity index (χ4n) is 1.29. The first kappa shape index (κ1) is 15.4. The van der Waals surface area contributed by atoms with Crippen molar-refractivity contribution in [2.75, 3.05) is 23.1 Å². The van der Waals surface area contributed by atoms with Crippen LogP contribution < -0.4 is 11.1 Å². The van der Waals surface area contributed by atoms with Crippen molar-refractivity contribution in [2.24, 2.45) is 0 Å². The SMILES string of the molecule is CSc1nnc(SCC(=O)Nc2cc(Cl)ccc2N)s1. The topological polar surface area (TPSA) is 80.9 Å². The number of nitrogen functional groups attached to an aromatic ring is 1. The molecule has 106 valence electrons. The smallest absolute Gasteiger partial charge is 0.234 e. The van der Waals surface area contributed by atoms with Crippen LogP contribution in [0.2, 0.25) is 5.02 Å². The molecule has 9 heteroatoms. The molecule has 2 aromatic rings. The van der Waals surface area contributed by atoms with Gasteiger partial charge in [-0.25, -0.2) is 0 Å². The predicted octanol–water partition coefficient (Wildman–Crippen LogP) is 3.23. The van der Waals surface area contributed by atoms with Crippen LogP contribution in [0.25, 0.3) is 0 Å². The number of rotatable bonds is 5. The zero-order valence-electron chi connectivity index (χ0n) is 10.4. The molecule has 0 saturated heterocycles. The summed E-state index contributed by atoms with van der Waals surface area (Å²) in [6, 6.07) is 4.95. The molecule has 0 atom stereocenters. The number of anilines is 2. The lowest BCUT2D eigenvalue weighted by molar-refractivity contribution is -0.113. The maximum absolute atomic E-state index is 11.8. The third-order valence-electron chi connectivity index (χ3n) is 2.18. The number of nitrogens with zero attached hydrogens (tertiary/aromatic N) is 2. The molecule has 0 aliphatic rings. The second-order valence-corrected chi connectivity index (χ2v) is 7.30. The minimum absolute atomic E-state index is 0.162. The van der Waals surface area contributed by atoms with Crippen LogP contribution in [0.4, 0.5) is 11.4 Å². The minimum Gasteiger partial charge on any atom is -0.397 e. The Morgan fingerprint density at radius 3 is 2.90 bits per heavy atom. The maximum Gasteiger partial charge on any atom is 0.234 e. The number of nitrogens with two attached hydrogens (primary N) is 1. The van der Waals surface area contributed by atoms with Gasteiger partial charge in [0.25, 0.3) is 0 Å². The Labute approximate surface area is 133 Å². The van der Waals surface area contributed by atoms with Crippen molar-refractivity contribution in [3.8, 4) is 0 Å². The first-order valence-corrected chi connectivity index (χ1v) is 8.84. The number of halogens is 1. The minimum atomic E-state index is -0.162. The molecule has 20 heavy (non-hydrogen) atoms. The largest absolute Gasteiger partial charge is 0.397 e. The van der Waals surface area contributed by atoms with Crippen LogP contribution in [-0.2, 0) is 4.79 Å². The van der Waals surface area contributed by atoms with Gasteiger partial charge < -0.3 is 11.1 Å². The van der Waals surface area contributed by atoms with Gasteiger partial charge in [0.2, 0.25) is 5.91 Å². The summed E-state index contributed by atoms with van der Waals surface area (Å²) in [6.07, 6.45) is 1.93. The Morgan fingerprint density at radius 1 is 1.45 bits per heavy atom. The van der Waals surface area contributed by atoms with Crippen LogP contribution in [0.5, 0.6) is 0 Å². The summed E-state index contributed by atoms with van der Waals surface area (Å²) in [7, 11) is 0. The summed E-state index contributed by atoms with van der Waals surface area (Å²) < 4.78 is 1.65. The van der Waals surface area contributed by atoms with E-state index in [9.17, 15) is 4.79 Å². The van der Waals surface area contributed by atoms with E-state index in [1.165, 1.54) is 34.9 Å². The maximum atomic E-state index is 11.8. The molecule has 3 N–H and O–H groups in total. The standard InChI is InChI=1S/C11H11ClN4OS3/c1-18-10-15-16-11(20-10)19-5-9(17)14-8-4-6(12)2-3-7(8)13/h2-4H,5,13H2,1H3,(H,14,17). The van der Waals surface area contributed by atoms with Gasteiger partial charge in [-0.1, -0.05) is 46.5 Å². The lowest BCUT2D eigenvalue weighted by Crippen LogP contribution is -2.15. The van der Waals surface area contributed by atoms with Gasteiger partial charge in [0.05, 0.1) is 17.1 Å². The van der Waals surface area contributed by atoms with E-state index in [0.717, 1.165) is 8.68 Å². The third kappa shape index (κ3) is 4.27. The number of carbonyl (C=O) groups is 1. The van der Waals surface area contributed by atoms with E-state index in [1.54, 1.807) is 18.2 Å². The van der Waals surface area contributed by atoms with Crippen molar-refractivity contribution in [3.05, 3.63) is 23.2 Å². The molecular formula is C11H11ClN4OS3. The summed E-state index contributed by atoms with van der Waals surface area (Å²) in [5, 5.41) is 11.2. The second kappa shape index (κ2) is 7.16. The highest BCUT2D eigenvalue weighted by Gasteiger charge is 2.09. The summed E-state index contributed by atoms with van der Waals surface area (Å²) >= 11 is 10.2. The second-order valence-electron chi connectivity index (χ2n) is 3.61. The molecule has 1 amide bonds. The molecule has 1 aromatic heterocycles. The number of aromatic nitrogens is 2. The van der Waals surface area contributed by atoms with Crippen LogP contribution in [-0.4, -0.2) is 28.1 Å². The van der Waals surface area contributed by atoms with E-state index >= 15 is 0 Å². The molecule has 0 unspecified atom stereocenters. The number of thioether (sulfide) groups is 2. The molecule has 0 saturated carbocycles. The Kier molecular flexibility index (Phi) is 5.53. The quantitative estimate of drug-likeness (QED) is 0.639. The highest BCUT2D eigenvalue weighted by atomic mass is 35.5. The number of benzene rings is 1. The van der Waals surface area contributed by atoms with Crippen molar-refractivity contribution < 1.29 is 4.79 Å². The molecule has 0 radical (unpaired) electrons. The van der Waals surface area contributed by atoms with E-state index in [1.807, 2.05) is 6.26 Å². The van der Waals surface area contributed by atoms with Gasteiger partial charge in [0.1, 0.15) is 0 Å². The van der Waals surface area contributed by atoms with Gasteiger partial charge in [-0.3, -0.25) is 4.79 Å². The predicted molar refractivity (Wildman–Crippen MR) is 86.9 cm³/mol. The Bertz CT molecular complexity index is 619. The van der Waals surface area contributed by atoms with Gasteiger partial charge in [-0.05, 0) is 24.5 Å². The number of hydrogen-bond donors (Lipinski definition) is 2. The van der Waals surface area contributed by atoms with E-state index in [2.05, 4.69) is 15.5 Å². The lowest BCUT2D eigenvalue weighted by Gasteiger charge is -2.07. The molecule has 2 rings (SSSR count). The van der Waals surface area contributed by atoms with Crippen molar-refractivity contribution in [3.63, 3.8) is 0 Å². The van der Waals surface area contributed by atoms with Crippen molar-refractivity contribution in [1.29, 1.82) is 0 Å². The fourth-order valence-corrected chi connectivity index (χ4v) is 3.70. The van der Waals surface area contributed by atoms with Gasteiger partial charge in [-0.2, -0.15) is 0 Å². The van der Waals surface area contributed by atoms with Crippen LogP contribution >= 0.6 is 46.5 Å². The molecule has 0 bridgehead atoms. The molecule has 1 aromatic carbocycles. The highest BCUT2D eigenvalue weighted by Crippen LogP contribution is 2.28. The Balaban J connectivity index is 1.90. The van der Waals surface area contributed by atoms with E-state index < -0.39 is 0 Å². The van der Waals surface area contributed by atoms with Gasteiger partial charge in [-0.15, -0.1) is 10.2 Å². The average molecular weight is 347 g/mol. The zero-order chi connectivity index (χ0) is 14.5. The number of carbonyl (C=O) groups excluding carboxylic acids is 1. The zero-order valence-corrected chi connectivity index (χ0v) is 13.6. The van der Waals surface area contributed by atoms with Gasteiger partial charge >= 0.3 is 0 Å². The number of hydrogen-bond acceptors (Lipinski definition) is 7. The molecule has 1 heterocycles. The summed E-state index contributed by atoms with van der Waals surface area (Å²) in [4.78, 5) is 11.8. The van der Waals surface area contributed by atoms with Crippen LogP contribution in [0.15, 0.2) is 26.9 Å². The first-order valence-electron chi connectivity index (χ1n) is 5.43. The fraction of sp³-hybridized carbons (Fsp3) is 0.182. The third-order valence-corrected chi connectivity index (χ3v) is 5.45. The van der Waals surface area contributed by atoms with E-state index in [0.29, 0.717) is 16.4 Å². The van der Waals surface area contributed by atoms with Gasteiger partial charge in [0.15, 0.2) is 8.68 Å². The van der Waals surface area contributed by atoms with Crippen molar-refractivity contribution in [1.82, 2.24) is 10.2 Å². The summed E-state index contributed by atoms with van der Waals surface area (Å²) in [5.41, 5.74) is 6.76. The van der Waals surface area contributed by atoms with Crippen LogP contribution in [0.3, 0.4) is 0 Å². The van der Waals surface area contributed by atoms with E-state index in [-0.39, 0.29) is 11.7 Å². The molecule has 0 fully saturated rings. The molecule has 5 nitrogen and oxygen atoms in total. The number of nitrogens with one attached hydrogen (secondary N) is 1. The monoisotopic (exact) mass is 346 g/mol. The van der Waals surface area contributed by atoms with Crippen LogP contribution in [0, 0.1) is 0 Å². The van der Waals surface area contributed by atoms with E-state index in [4.69, 9.17) is 17.3 Å². The molecule has 0 aliphatic carbocycles. The van der Waals surface area contributed by atoms with Gasteiger partial charge in [0, 0.05) is 5.02 Å². The first-order chi connectivity index (χ1) is 9.58. The highest BCUT2D eigenvalue weighted by molar-refractivity contribution is 8.03.